The van der Waals surface area contributed by atoms with Crippen LogP contribution in [-0.2, 0) is 4.74 Å². The van der Waals surface area contributed by atoms with E-state index in [4.69, 9.17) is 4.74 Å². The molecule has 0 unspecified atom stereocenters. The monoisotopic (exact) mass is 360 g/mol. The van der Waals surface area contributed by atoms with Gasteiger partial charge in [-0.25, -0.2) is 14.8 Å². The fourth-order valence-corrected chi connectivity index (χ4v) is 2.76. The normalized spacial score (nSPS) is 15.3. The summed E-state index contributed by atoms with van der Waals surface area (Å²) in [5, 5.41) is 0.746. The molecule has 2 heterocycles. The molecule has 0 aliphatic carbocycles. The number of aromatic nitrogens is 2. The lowest BCUT2D eigenvalue weighted by Gasteiger charge is -2.35. The predicted octanol–water partition coefficient (Wildman–Crippen LogP) is 2.24. The Morgan fingerprint density at radius 1 is 1.45 bits per heavy atom. The van der Waals surface area contributed by atoms with Crippen LogP contribution in [0.5, 0.6) is 0 Å². The van der Waals surface area contributed by atoms with Crippen molar-refractivity contribution in [3.05, 3.63) is 10.7 Å². The Hall–Kier alpha value is -1.02. The Balaban J connectivity index is 2.02. The number of nitrogens with zero attached hydrogens (tertiary/aromatic N) is 4. The van der Waals surface area contributed by atoms with Crippen molar-refractivity contribution in [2.45, 2.75) is 12.1 Å². The summed E-state index contributed by atoms with van der Waals surface area (Å²) in [7, 11) is 0. The van der Waals surface area contributed by atoms with E-state index < -0.39 is 0 Å². The van der Waals surface area contributed by atoms with Crippen LogP contribution in [-0.4, -0.2) is 60.0 Å². The average molecular weight is 361 g/mol. The van der Waals surface area contributed by atoms with Gasteiger partial charge < -0.3 is 14.5 Å². The molecule has 1 aromatic rings. The van der Waals surface area contributed by atoms with Gasteiger partial charge in [-0.2, -0.15) is 0 Å². The highest BCUT2D eigenvalue weighted by atomic mass is 79.9. The van der Waals surface area contributed by atoms with Crippen molar-refractivity contribution < 1.29 is 9.53 Å². The highest BCUT2D eigenvalue weighted by molar-refractivity contribution is 9.10. The minimum absolute atomic E-state index is 0.237. The summed E-state index contributed by atoms with van der Waals surface area (Å²) >= 11 is 5.00. The van der Waals surface area contributed by atoms with Gasteiger partial charge >= 0.3 is 6.09 Å². The number of anilines is 1. The molecule has 1 amide bonds. The van der Waals surface area contributed by atoms with E-state index in [0.29, 0.717) is 19.7 Å². The first kappa shape index (κ1) is 15.4. The van der Waals surface area contributed by atoms with Crippen molar-refractivity contribution in [1.29, 1.82) is 0 Å². The van der Waals surface area contributed by atoms with Crippen molar-refractivity contribution >= 4 is 39.6 Å². The number of carbonyl (C=O) groups is 1. The first-order chi connectivity index (χ1) is 9.65. The van der Waals surface area contributed by atoms with Crippen LogP contribution in [0.15, 0.2) is 15.8 Å². The van der Waals surface area contributed by atoms with Crippen molar-refractivity contribution in [3.8, 4) is 0 Å². The van der Waals surface area contributed by atoms with Crippen LogP contribution >= 0.6 is 27.7 Å². The topological polar surface area (TPSA) is 58.6 Å². The number of piperazine rings is 1. The Morgan fingerprint density at radius 3 is 2.75 bits per heavy atom. The molecular formula is C12H17BrN4O2S. The maximum Gasteiger partial charge on any atom is 0.409 e. The van der Waals surface area contributed by atoms with Crippen LogP contribution in [0.25, 0.3) is 0 Å². The van der Waals surface area contributed by atoms with Crippen molar-refractivity contribution in [1.82, 2.24) is 14.9 Å². The molecule has 1 fully saturated rings. The third-order valence-corrected chi connectivity index (χ3v) is 4.11. The largest absolute Gasteiger partial charge is 0.450 e. The zero-order valence-electron chi connectivity index (χ0n) is 11.5. The summed E-state index contributed by atoms with van der Waals surface area (Å²) in [6.45, 7) is 4.99. The second-order valence-electron chi connectivity index (χ2n) is 4.20. The van der Waals surface area contributed by atoms with Gasteiger partial charge in [0.1, 0.15) is 5.82 Å². The quantitative estimate of drug-likeness (QED) is 0.608. The number of carbonyl (C=O) groups excluding carboxylic acids is 1. The van der Waals surface area contributed by atoms with E-state index >= 15 is 0 Å². The Kier molecular flexibility index (Phi) is 5.47. The van der Waals surface area contributed by atoms with Gasteiger partial charge in [-0.05, 0) is 29.1 Å². The molecule has 0 radical (unpaired) electrons. The molecular weight excluding hydrogens is 344 g/mol. The number of rotatable bonds is 3. The molecule has 2 rings (SSSR count). The number of hydrogen-bond acceptors (Lipinski definition) is 6. The highest BCUT2D eigenvalue weighted by Gasteiger charge is 2.24. The van der Waals surface area contributed by atoms with E-state index in [-0.39, 0.29) is 6.09 Å². The summed E-state index contributed by atoms with van der Waals surface area (Å²) < 4.78 is 5.89. The van der Waals surface area contributed by atoms with Crippen LogP contribution in [0.1, 0.15) is 6.92 Å². The van der Waals surface area contributed by atoms with Gasteiger partial charge in [0.05, 0.1) is 11.1 Å². The minimum atomic E-state index is -0.237. The van der Waals surface area contributed by atoms with E-state index in [1.54, 1.807) is 11.1 Å². The number of thioether (sulfide) groups is 1. The molecule has 20 heavy (non-hydrogen) atoms. The lowest BCUT2D eigenvalue weighted by molar-refractivity contribution is 0.105. The van der Waals surface area contributed by atoms with Gasteiger partial charge in [-0.15, -0.1) is 0 Å². The molecule has 0 atom stereocenters. The van der Waals surface area contributed by atoms with Crippen molar-refractivity contribution in [2.24, 2.45) is 0 Å². The molecule has 8 heteroatoms. The lowest BCUT2D eigenvalue weighted by Crippen LogP contribution is -2.49. The third kappa shape index (κ3) is 3.54. The van der Waals surface area contributed by atoms with E-state index in [1.807, 2.05) is 13.2 Å². The molecule has 0 aromatic carbocycles. The Bertz CT molecular complexity index is 481. The van der Waals surface area contributed by atoms with Gasteiger partial charge in [0.2, 0.25) is 0 Å². The van der Waals surface area contributed by atoms with Crippen molar-refractivity contribution in [3.63, 3.8) is 0 Å². The summed E-state index contributed by atoms with van der Waals surface area (Å²) in [4.78, 5) is 24.3. The number of amides is 1. The maximum atomic E-state index is 11.7. The van der Waals surface area contributed by atoms with Gasteiger partial charge in [0.25, 0.3) is 0 Å². The van der Waals surface area contributed by atoms with E-state index in [9.17, 15) is 4.79 Å². The highest BCUT2D eigenvalue weighted by Crippen LogP contribution is 2.26. The second kappa shape index (κ2) is 7.12. The van der Waals surface area contributed by atoms with Crippen LogP contribution in [0.4, 0.5) is 10.6 Å². The molecule has 1 saturated heterocycles. The fraction of sp³-hybridized carbons (Fsp3) is 0.583. The third-order valence-electron chi connectivity index (χ3n) is 2.99. The zero-order valence-corrected chi connectivity index (χ0v) is 13.9. The average Bonchev–Trinajstić information content (AvgIpc) is 2.48. The first-order valence-electron chi connectivity index (χ1n) is 6.39. The van der Waals surface area contributed by atoms with Crippen LogP contribution in [0, 0.1) is 0 Å². The van der Waals surface area contributed by atoms with E-state index in [1.165, 1.54) is 11.8 Å². The smallest absolute Gasteiger partial charge is 0.409 e. The van der Waals surface area contributed by atoms with Gasteiger partial charge in [-0.1, -0.05) is 11.8 Å². The Morgan fingerprint density at radius 2 is 2.15 bits per heavy atom. The summed E-state index contributed by atoms with van der Waals surface area (Å²) in [6, 6.07) is 0. The number of ether oxygens (including phenoxy) is 1. The molecule has 110 valence electrons. The first-order valence-corrected chi connectivity index (χ1v) is 8.40. The molecule has 0 spiro atoms. The molecule has 1 aromatic heterocycles. The predicted molar refractivity (Wildman–Crippen MR) is 82.3 cm³/mol. The molecule has 6 nitrogen and oxygen atoms in total. The number of halogens is 1. The lowest BCUT2D eigenvalue weighted by atomic mass is 10.3. The second-order valence-corrected chi connectivity index (χ2v) is 5.83. The van der Waals surface area contributed by atoms with Crippen molar-refractivity contribution in [2.75, 3.05) is 43.9 Å². The molecule has 1 aliphatic rings. The molecule has 0 saturated carbocycles. The molecule has 0 N–H and O–H groups in total. The standard InChI is InChI=1S/C12H17BrN4O2S/c1-3-19-12(18)17-6-4-16(5-7-17)10-9(13)8-14-11(15-10)20-2/h8H,3-7H2,1-2H3. The van der Waals surface area contributed by atoms with Gasteiger partial charge in [0, 0.05) is 32.4 Å². The molecule has 0 bridgehead atoms. The van der Waals surface area contributed by atoms with Crippen LogP contribution in [0.2, 0.25) is 0 Å². The van der Waals surface area contributed by atoms with Crippen LogP contribution < -0.4 is 4.90 Å². The van der Waals surface area contributed by atoms with E-state index in [2.05, 4.69) is 30.8 Å². The summed E-state index contributed by atoms with van der Waals surface area (Å²) in [6.07, 6.45) is 3.48. The SMILES string of the molecule is CCOC(=O)N1CCN(c2nc(SC)ncc2Br)CC1. The molecule has 1 aliphatic heterocycles. The number of hydrogen-bond donors (Lipinski definition) is 0. The fourth-order valence-electron chi connectivity index (χ4n) is 1.98. The van der Waals surface area contributed by atoms with Gasteiger partial charge in [-0.3, -0.25) is 0 Å². The Labute approximate surface area is 131 Å². The van der Waals surface area contributed by atoms with E-state index in [0.717, 1.165) is 28.5 Å². The van der Waals surface area contributed by atoms with Crippen LogP contribution in [0.3, 0.4) is 0 Å². The summed E-state index contributed by atoms with van der Waals surface area (Å²) in [5.74, 6) is 0.882. The minimum Gasteiger partial charge on any atom is -0.450 e. The van der Waals surface area contributed by atoms with Gasteiger partial charge in [0.15, 0.2) is 5.16 Å². The zero-order chi connectivity index (χ0) is 14.5. The maximum absolute atomic E-state index is 11.7. The summed E-state index contributed by atoms with van der Waals surface area (Å²) in [5.41, 5.74) is 0.